The highest BCUT2D eigenvalue weighted by atomic mass is 35.5. The van der Waals surface area contributed by atoms with Gasteiger partial charge >= 0.3 is 0 Å². The van der Waals surface area contributed by atoms with Crippen LogP contribution < -0.4 is 5.73 Å². The Bertz CT molecular complexity index is 542. The van der Waals surface area contributed by atoms with Crippen molar-refractivity contribution < 1.29 is 8.91 Å². The maximum Gasteiger partial charge on any atom is 0.154 e. The Kier molecular flexibility index (Phi) is 3.99. The van der Waals surface area contributed by atoms with Crippen molar-refractivity contribution in [2.24, 2.45) is 5.73 Å². The van der Waals surface area contributed by atoms with E-state index in [2.05, 4.69) is 5.16 Å². The van der Waals surface area contributed by atoms with Crippen molar-refractivity contribution in [2.75, 3.05) is 0 Å². The fraction of sp³-hybridized carbons (Fsp3) is 0.308. The number of nitrogens with zero attached hydrogens (tertiary/aromatic N) is 1. The van der Waals surface area contributed by atoms with Crippen LogP contribution in [0.15, 0.2) is 28.8 Å². The summed E-state index contributed by atoms with van der Waals surface area (Å²) in [7, 11) is 0. The molecule has 0 aliphatic carbocycles. The lowest BCUT2D eigenvalue weighted by molar-refractivity contribution is 0.356. The molecule has 2 aromatic rings. The summed E-state index contributed by atoms with van der Waals surface area (Å²) in [5.41, 5.74) is 6.65. The Labute approximate surface area is 110 Å². The maximum absolute atomic E-state index is 13.8. The molecule has 2 N–H and O–H groups in total. The molecule has 0 fully saturated rings. The van der Waals surface area contributed by atoms with Crippen LogP contribution in [0, 0.1) is 5.82 Å². The largest absolute Gasteiger partial charge is 0.359 e. The van der Waals surface area contributed by atoms with Gasteiger partial charge in [-0.15, -0.1) is 0 Å². The van der Waals surface area contributed by atoms with E-state index in [0.717, 1.165) is 12.8 Å². The number of hydrogen-bond acceptors (Lipinski definition) is 3. The van der Waals surface area contributed by atoms with Gasteiger partial charge in [-0.25, -0.2) is 4.39 Å². The number of nitrogens with two attached hydrogens (primary N) is 1. The molecule has 1 heterocycles. The molecule has 1 unspecified atom stereocenters. The molecule has 1 atom stereocenters. The van der Waals surface area contributed by atoms with Crippen molar-refractivity contribution in [3.63, 3.8) is 0 Å². The third kappa shape index (κ3) is 2.54. The average Bonchev–Trinajstić information content (AvgIpc) is 2.82. The van der Waals surface area contributed by atoms with Gasteiger partial charge in [-0.3, -0.25) is 0 Å². The molecule has 3 nitrogen and oxygen atoms in total. The van der Waals surface area contributed by atoms with Crippen LogP contribution in [0.5, 0.6) is 0 Å². The van der Waals surface area contributed by atoms with Crippen molar-refractivity contribution in [3.05, 3.63) is 40.9 Å². The van der Waals surface area contributed by atoms with E-state index < -0.39 is 5.82 Å². The lowest BCUT2D eigenvalue weighted by atomic mass is 10.1. The Morgan fingerprint density at radius 1 is 1.50 bits per heavy atom. The van der Waals surface area contributed by atoms with E-state index >= 15 is 0 Å². The molecule has 96 valence electrons. The zero-order chi connectivity index (χ0) is 13.1. The Balaban J connectivity index is 2.32. The molecule has 0 saturated carbocycles. The number of rotatable bonds is 4. The van der Waals surface area contributed by atoms with Crippen LogP contribution in [0.25, 0.3) is 11.3 Å². The van der Waals surface area contributed by atoms with Crippen molar-refractivity contribution in [1.82, 2.24) is 5.16 Å². The van der Waals surface area contributed by atoms with E-state index in [1.807, 2.05) is 6.92 Å². The van der Waals surface area contributed by atoms with Gasteiger partial charge < -0.3 is 10.3 Å². The first-order valence-electron chi connectivity index (χ1n) is 5.80. The van der Waals surface area contributed by atoms with Crippen LogP contribution in [0.2, 0.25) is 5.02 Å². The van der Waals surface area contributed by atoms with Crippen LogP contribution in [0.3, 0.4) is 0 Å². The molecule has 0 saturated heterocycles. The van der Waals surface area contributed by atoms with Crippen molar-refractivity contribution in [1.29, 1.82) is 0 Å². The summed E-state index contributed by atoms with van der Waals surface area (Å²) in [6.45, 7) is 2.04. The van der Waals surface area contributed by atoms with Gasteiger partial charge in [0.15, 0.2) is 11.6 Å². The lowest BCUT2D eigenvalue weighted by Crippen LogP contribution is -2.08. The lowest BCUT2D eigenvalue weighted by Gasteiger charge is -2.03. The summed E-state index contributed by atoms with van der Waals surface area (Å²) in [6.07, 6.45) is 1.75. The molecule has 5 heteroatoms. The number of aromatic nitrogens is 1. The summed E-state index contributed by atoms with van der Waals surface area (Å²) >= 11 is 5.72. The van der Waals surface area contributed by atoms with E-state index in [9.17, 15) is 4.39 Å². The fourth-order valence-corrected chi connectivity index (χ4v) is 1.92. The van der Waals surface area contributed by atoms with Crippen LogP contribution in [0.4, 0.5) is 4.39 Å². The zero-order valence-corrected chi connectivity index (χ0v) is 10.7. The minimum absolute atomic E-state index is 0.0647. The highest BCUT2D eigenvalue weighted by Crippen LogP contribution is 2.28. The van der Waals surface area contributed by atoms with Gasteiger partial charge in [0, 0.05) is 11.6 Å². The van der Waals surface area contributed by atoms with Gasteiger partial charge in [-0.1, -0.05) is 36.2 Å². The molecule has 0 aliphatic rings. The van der Waals surface area contributed by atoms with Crippen LogP contribution in [-0.2, 0) is 0 Å². The van der Waals surface area contributed by atoms with E-state index in [1.54, 1.807) is 18.2 Å². The van der Waals surface area contributed by atoms with Crippen molar-refractivity contribution in [3.8, 4) is 11.3 Å². The molecule has 1 aromatic heterocycles. The Hall–Kier alpha value is -1.39. The normalized spacial score (nSPS) is 12.7. The number of benzene rings is 1. The van der Waals surface area contributed by atoms with E-state index in [4.69, 9.17) is 21.9 Å². The second-order valence-corrected chi connectivity index (χ2v) is 4.52. The molecule has 0 aliphatic heterocycles. The molecule has 18 heavy (non-hydrogen) atoms. The molecule has 0 bridgehead atoms. The molecule has 1 aromatic carbocycles. The first kappa shape index (κ1) is 13.1. The number of halogens is 2. The van der Waals surface area contributed by atoms with Gasteiger partial charge in [0.25, 0.3) is 0 Å². The van der Waals surface area contributed by atoms with E-state index in [0.29, 0.717) is 17.0 Å². The summed E-state index contributed by atoms with van der Waals surface area (Å²) in [5.74, 6) is 0.0642. The second-order valence-electron chi connectivity index (χ2n) is 4.11. The van der Waals surface area contributed by atoms with Gasteiger partial charge in [-0.2, -0.15) is 0 Å². The third-order valence-electron chi connectivity index (χ3n) is 2.72. The minimum Gasteiger partial charge on any atom is -0.359 e. The summed E-state index contributed by atoms with van der Waals surface area (Å²) < 4.78 is 18.9. The first-order chi connectivity index (χ1) is 8.63. The summed E-state index contributed by atoms with van der Waals surface area (Å²) in [4.78, 5) is 0. The third-order valence-corrected chi connectivity index (χ3v) is 3.01. The average molecular weight is 269 g/mol. The van der Waals surface area contributed by atoms with Gasteiger partial charge in [0.05, 0.1) is 11.1 Å². The predicted octanol–water partition coefficient (Wildman–Crippen LogP) is 3.93. The second kappa shape index (κ2) is 5.50. The van der Waals surface area contributed by atoms with Gasteiger partial charge in [-0.05, 0) is 18.6 Å². The first-order valence-corrected chi connectivity index (χ1v) is 6.17. The molecule has 0 amide bonds. The van der Waals surface area contributed by atoms with E-state index in [-0.39, 0.29) is 11.1 Å². The van der Waals surface area contributed by atoms with Crippen LogP contribution >= 0.6 is 11.6 Å². The minimum atomic E-state index is -0.497. The molecule has 0 spiro atoms. The standard InChI is InChI=1S/C13H14ClFN2O/c1-2-4-10(16)12-7-11(17-18-12)8-5-3-6-9(14)13(8)15/h3,5-7,10H,2,4,16H2,1H3. The molecule has 0 radical (unpaired) electrons. The number of hydrogen-bond donors (Lipinski definition) is 1. The summed E-state index contributed by atoms with van der Waals surface area (Å²) in [6, 6.07) is 6.22. The van der Waals surface area contributed by atoms with Gasteiger partial charge in [0.2, 0.25) is 0 Å². The SMILES string of the molecule is CCCC(N)c1cc(-c2cccc(Cl)c2F)no1. The monoisotopic (exact) mass is 268 g/mol. The van der Waals surface area contributed by atoms with Crippen LogP contribution in [-0.4, -0.2) is 5.16 Å². The molecule has 2 rings (SSSR count). The zero-order valence-electron chi connectivity index (χ0n) is 9.99. The Morgan fingerprint density at radius 3 is 3.00 bits per heavy atom. The summed E-state index contributed by atoms with van der Waals surface area (Å²) in [5, 5.41) is 3.90. The molecular formula is C13H14ClFN2O. The fourth-order valence-electron chi connectivity index (χ4n) is 1.75. The van der Waals surface area contributed by atoms with E-state index in [1.165, 1.54) is 6.07 Å². The topological polar surface area (TPSA) is 52.0 Å². The smallest absolute Gasteiger partial charge is 0.154 e. The quantitative estimate of drug-likeness (QED) is 0.914. The maximum atomic E-state index is 13.8. The van der Waals surface area contributed by atoms with Crippen molar-refractivity contribution in [2.45, 2.75) is 25.8 Å². The predicted molar refractivity (Wildman–Crippen MR) is 68.7 cm³/mol. The molecular weight excluding hydrogens is 255 g/mol. The van der Waals surface area contributed by atoms with Crippen molar-refractivity contribution >= 4 is 11.6 Å². The highest BCUT2D eigenvalue weighted by molar-refractivity contribution is 6.31. The Morgan fingerprint density at radius 2 is 2.28 bits per heavy atom. The highest BCUT2D eigenvalue weighted by Gasteiger charge is 2.16. The van der Waals surface area contributed by atoms with Crippen LogP contribution in [0.1, 0.15) is 31.6 Å². The van der Waals surface area contributed by atoms with Gasteiger partial charge in [0.1, 0.15) is 5.69 Å².